The molecule has 3 nitrogen and oxygen atoms in total. The van der Waals surface area contributed by atoms with Gasteiger partial charge >= 0.3 is 0 Å². The summed E-state index contributed by atoms with van der Waals surface area (Å²) in [5.41, 5.74) is 1.43. The van der Waals surface area contributed by atoms with E-state index in [1.165, 1.54) is 5.56 Å². The van der Waals surface area contributed by atoms with Gasteiger partial charge in [-0.25, -0.2) is 0 Å². The van der Waals surface area contributed by atoms with E-state index >= 15 is 0 Å². The summed E-state index contributed by atoms with van der Waals surface area (Å²) >= 11 is 0. The van der Waals surface area contributed by atoms with Gasteiger partial charge in [0.1, 0.15) is 0 Å². The van der Waals surface area contributed by atoms with Gasteiger partial charge in [0.05, 0.1) is 18.8 Å². The summed E-state index contributed by atoms with van der Waals surface area (Å²) in [6.45, 7) is 14.1. The second kappa shape index (κ2) is 8.81. The first-order valence-corrected chi connectivity index (χ1v) is 8.72. The van der Waals surface area contributed by atoms with Crippen molar-refractivity contribution in [3.05, 3.63) is 35.9 Å². The standard InChI is InChI=1S/C20H35NO2/c1-7-18(16-11-9-8-10-12-16)23-14-17(22)13-21-20(5,6)15-19(2,3)4/h8-12,17-18,21-22H,7,13-15H2,1-6H3/t17-,18+/m0/s1. The molecule has 0 saturated carbocycles. The van der Waals surface area contributed by atoms with E-state index in [0.29, 0.717) is 13.2 Å². The predicted molar refractivity (Wildman–Crippen MR) is 97.6 cm³/mol. The SMILES string of the molecule is CC[C@@H](OC[C@@H](O)CNC(C)(C)CC(C)(C)C)c1ccccc1. The summed E-state index contributed by atoms with van der Waals surface area (Å²) in [5, 5.41) is 13.7. The molecule has 3 heteroatoms. The molecule has 0 amide bonds. The number of benzene rings is 1. The van der Waals surface area contributed by atoms with Crippen molar-refractivity contribution in [2.75, 3.05) is 13.2 Å². The molecule has 2 atom stereocenters. The van der Waals surface area contributed by atoms with Gasteiger partial charge in [0.2, 0.25) is 0 Å². The number of β-amino-alcohol motifs (C(OH)–C–C–N with tert-alkyl or cyclic N) is 1. The van der Waals surface area contributed by atoms with Gasteiger partial charge in [-0.3, -0.25) is 0 Å². The molecule has 0 heterocycles. The number of ether oxygens (including phenoxy) is 1. The molecule has 0 aliphatic heterocycles. The predicted octanol–water partition coefficient (Wildman–Crippen LogP) is 4.32. The van der Waals surface area contributed by atoms with Gasteiger partial charge in [0.15, 0.2) is 0 Å². The Hall–Kier alpha value is -0.900. The van der Waals surface area contributed by atoms with Crippen LogP contribution in [0, 0.1) is 5.41 Å². The maximum atomic E-state index is 10.2. The molecule has 0 bridgehead atoms. The van der Waals surface area contributed by atoms with E-state index in [4.69, 9.17) is 4.74 Å². The average Bonchev–Trinajstić information content (AvgIpc) is 2.44. The Labute approximate surface area is 142 Å². The number of hydrogen-bond acceptors (Lipinski definition) is 3. The van der Waals surface area contributed by atoms with Crippen LogP contribution in [0.2, 0.25) is 0 Å². The molecule has 23 heavy (non-hydrogen) atoms. The van der Waals surface area contributed by atoms with Crippen molar-refractivity contribution in [1.29, 1.82) is 0 Å². The zero-order valence-electron chi connectivity index (χ0n) is 15.7. The Balaban J connectivity index is 2.40. The number of hydrogen-bond donors (Lipinski definition) is 2. The summed E-state index contributed by atoms with van der Waals surface area (Å²) in [4.78, 5) is 0. The molecular formula is C20H35NO2. The molecule has 0 unspecified atom stereocenters. The first kappa shape index (κ1) is 20.1. The van der Waals surface area contributed by atoms with Gasteiger partial charge in [0.25, 0.3) is 0 Å². The lowest BCUT2D eigenvalue weighted by molar-refractivity contribution is -0.0139. The number of nitrogens with one attached hydrogen (secondary N) is 1. The molecule has 0 saturated heterocycles. The summed E-state index contributed by atoms with van der Waals surface area (Å²) in [7, 11) is 0. The van der Waals surface area contributed by atoms with E-state index in [2.05, 4.69) is 59.0 Å². The summed E-state index contributed by atoms with van der Waals surface area (Å²) < 4.78 is 5.92. The van der Waals surface area contributed by atoms with Gasteiger partial charge in [-0.15, -0.1) is 0 Å². The highest BCUT2D eigenvalue weighted by molar-refractivity contribution is 5.17. The maximum absolute atomic E-state index is 10.2. The van der Waals surface area contributed by atoms with Crippen molar-refractivity contribution in [1.82, 2.24) is 5.32 Å². The highest BCUT2D eigenvalue weighted by Gasteiger charge is 2.25. The van der Waals surface area contributed by atoms with Gasteiger partial charge in [-0.1, -0.05) is 58.0 Å². The van der Waals surface area contributed by atoms with Gasteiger partial charge in [0, 0.05) is 12.1 Å². The molecule has 1 rings (SSSR count). The molecule has 132 valence electrons. The number of aliphatic hydroxyl groups excluding tert-OH is 1. The van der Waals surface area contributed by atoms with Gasteiger partial charge in [-0.2, -0.15) is 0 Å². The molecule has 0 aromatic heterocycles. The minimum Gasteiger partial charge on any atom is -0.389 e. The summed E-state index contributed by atoms with van der Waals surface area (Å²) in [6.07, 6.45) is 1.51. The van der Waals surface area contributed by atoms with Crippen LogP contribution in [0.15, 0.2) is 30.3 Å². The highest BCUT2D eigenvalue weighted by Crippen LogP contribution is 2.26. The van der Waals surface area contributed by atoms with E-state index < -0.39 is 6.10 Å². The Morgan fingerprint density at radius 1 is 1.09 bits per heavy atom. The first-order valence-electron chi connectivity index (χ1n) is 8.72. The summed E-state index contributed by atoms with van der Waals surface area (Å²) in [5.74, 6) is 0. The van der Waals surface area contributed by atoms with Crippen molar-refractivity contribution in [3.63, 3.8) is 0 Å². The van der Waals surface area contributed by atoms with Gasteiger partial charge in [-0.05, 0) is 37.7 Å². The maximum Gasteiger partial charge on any atom is 0.0898 e. The van der Waals surface area contributed by atoms with Crippen molar-refractivity contribution in [2.45, 2.75) is 72.1 Å². The highest BCUT2D eigenvalue weighted by atomic mass is 16.5. The Bertz CT molecular complexity index is 437. The lowest BCUT2D eigenvalue weighted by Gasteiger charge is -2.34. The third-order valence-electron chi connectivity index (χ3n) is 3.82. The van der Waals surface area contributed by atoms with Crippen molar-refractivity contribution in [3.8, 4) is 0 Å². The molecule has 0 aliphatic rings. The number of rotatable bonds is 9. The zero-order valence-corrected chi connectivity index (χ0v) is 15.7. The minimum atomic E-state index is -0.494. The fourth-order valence-corrected chi connectivity index (χ4v) is 3.19. The minimum absolute atomic E-state index is 0.00280. The Kier molecular flexibility index (Phi) is 7.72. The van der Waals surface area contributed by atoms with Crippen LogP contribution < -0.4 is 5.32 Å². The van der Waals surface area contributed by atoms with Crippen LogP contribution in [-0.4, -0.2) is 29.9 Å². The van der Waals surface area contributed by atoms with Crippen LogP contribution in [0.4, 0.5) is 0 Å². The largest absolute Gasteiger partial charge is 0.389 e. The zero-order chi connectivity index (χ0) is 17.5. The monoisotopic (exact) mass is 321 g/mol. The van der Waals surface area contributed by atoms with Crippen molar-refractivity contribution in [2.24, 2.45) is 5.41 Å². The molecule has 1 aromatic rings. The Morgan fingerprint density at radius 2 is 1.70 bits per heavy atom. The topological polar surface area (TPSA) is 41.5 Å². The smallest absolute Gasteiger partial charge is 0.0898 e. The van der Waals surface area contributed by atoms with Crippen LogP contribution >= 0.6 is 0 Å². The third-order valence-corrected chi connectivity index (χ3v) is 3.82. The van der Waals surface area contributed by atoms with Crippen LogP contribution in [0.25, 0.3) is 0 Å². The van der Waals surface area contributed by atoms with E-state index in [1.54, 1.807) is 0 Å². The fraction of sp³-hybridized carbons (Fsp3) is 0.700. The van der Waals surface area contributed by atoms with E-state index in [0.717, 1.165) is 12.8 Å². The van der Waals surface area contributed by atoms with Crippen LogP contribution in [0.3, 0.4) is 0 Å². The lowest BCUT2D eigenvalue weighted by Crippen LogP contribution is -2.46. The van der Waals surface area contributed by atoms with E-state index in [1.807, 2.05) is 18.2 Å². The molecule has 0 spiro atoms. The van der Waals surface area contributed by atoms with Crippen LogP contribution in [0.1, 0.15) is 66.1 Å². The molecule has 0 radical (unpaired) electrons. The third kappa shape index (κ3) is 8.50. The molecule has 1 aromatic carbocycles. The molecule has 0 aliphatic carbocycles. The average molecular weight is 322 g/mol. The second-order valence-corrected chi connectivity index (χ2v) is 8.30. The normalized spacial score (nSPS) is 15.4. The van der Waals surface area contributed by atoms with Crippen LogP contribution in [-0.2, 0) is 4.74 Å². The first-order chi connectivity index (χ1) is 10.6. The van der Waals surface area contributed by atoms with E-state index in [9.17, 15) is 5.11 Å². The number of aliphatic hydroxyl groups is 1. The quantitative estimate of drug-likeness (QED) is 0.712. The van der Waals surface area contributed by atoms with Crippen molar-refractivity contribution >= 4 is 0 Å². The van der Waals surface area contributed by atoms with Crippen LogP contribution in [0.5, 0.6) is 0 Å². The molecular weight excluding hydrogens is 286 g/mol. The van der Waals surface area contributed by atoms with E-state index in [-0.39, 0.29) is 17.1 Å². The van der Waals surface area contributed by atoms with Gasteiger partial charge < -0.3 is 15.2 Å². The molecule has 0 fully saturated rings. The summed E-state index contributed by atoms with van der Waals surface area (Å²) in [6, 6.07) is 10.2. The second-order valence-electron chi connectivity index (χ2n) is 8.30. The van der Waals surface area contributed by atoms with Crippen molar-refractivity contribution < 1.29 is 9.84 Å². The fourth-order valence-electron chi connectivity index (χ4n) is 3.19. The lowest BCUT2D eigenvalue weighted by atomic mass is 9.82. The molecule has 2 N–H and O–H groups in total. The Morgan fingerprint density at radius 3 is 2.22 bits per heavy atom.